The van der Waals surface area contributed by atoms with Crippen LogP contribution in [0.2, 0.25) is 0 Å². The number of nitrogens with zero attached hydrogens (tertiary/aromatic N) is 2. The van der Waals surface area contributed by atoms with Gasteiger partial charge in [0.25, 0.3) is 5.56 Å². The number of aromatic nitrogens is 2. The molecule has 0 aliphatic rings. The topological polar surface area (TPSA) is 60.9 Å². The number of aryl methyl sites for hydroxylation is 2. The first kappa shape index (κ1) is 10.4. The molecule has 0 radical (unpaired) electrons. The van der Waals surface area contributed by atoms with Gasteiger partial charge in [-0.2, -0.15) is 0 Å². The zero-order chi connectivity index (χ0) is 11.4. The van der Waals surface area contributed by atoms with Crippen molar-refractivity contribution in [2.75, 3.05) is 5.73 Å². The first-order chi connectivity index (χ1) is 7.75. The number of nitrogen functional groups attached to an aromatic ring is 1. The average molecular weight is 215 g/mol. The van der Waals surface area contributed by atoms with Gasteiger partial charge in [0.2, 0.25) is 0 Å². The summed E-state index contributed by atoms with van der Waals surface area (Å²) in [6.07, 6.45) is 2.30. The third-order valence-electron chi connectivity index (χ3n) is 2.38. The molecule has 0 fully saturated rings. The van der Waals surface area contributed by atoms with Crippen LogP contribution in [0.3, 0.4) is 0 Å². The van der Waals surface area contributed by atoms with Gasteiger partial charge in [-0.25, -0.2) is 4.98 Å². The highest BCUT2D eigenvalue weighted by Gasteiger charge is 1.98. The fourth-order valence-corrected chi connectivity index (χ4v) is 1.50. The van der Waals surface area contributed by atoms with Crippen LogP contribution in [-0.2, 0) is 13.0 Å². The molecule has 0 aliphatic carbocycles. The average Bonchev–Trinajstić information content (AvgIpc) is 2.29. The molecule has 0 saturated heterocycles. The summed E-state index contributed by atoms with van der Waals surface area (Å²) in [4.78, 5) is 15.4. The zero-order valence-electron chi connectivity index (χ0n) is 8.84. The van der Waals surface area contributed by atoms with Crippen molar-refractivity contribution in [1.82, 2.24) is 9.55 Å². The highest BCUT2D eigenvalue weighted by Crippen LogP contribution is 2.00. The molecule has 4 heteroatoms. The Labute approximate surface area is 93.4 Å². The van der Waals surface area contributed by atoms with Gasteiger partial charge in [0.1, 0.15) is 5.82 Å². The first-order valence-electron chi connectivity index (χ1n) is 5.11. The van der Waals surface area contributed by atoms with Crippen molar-refractivity contribution in [2.24, 2.45) is 0 Å². The van der Waals surface area contributed by atoms with Crippen LogP contribution in [0, 0.1) is 0 Å². The molecule has 2 rings (SSSR count). The predicted molar refractivity (Wildman–Crippen MR) is 63.1 cm³/mol. The van der Waals surface area contributed by atoms with Crippen LogP contribution < -0.4 is 11.3 Å². The number of rotatable bonds is 3. The molecule has 1 heterocycles. The number of hydrogen-bond donors (Lipinski definition) is 1. The molecule has 0 unspecified atom stereocenters. The van der Waals surface area contributed by atoms with E-state index in [0.717, 1.165) is 6.42 Å². The molecule has 2 aromatic rings. The van der Waals surface area contributed by atoms with E-state index in [1.807, 2.05) is 30.3 Å². The number of anilines is 1. The van der Waals surface area contributed by atoms with Crippen molar-refractivity contribution in [3.8, 4) is 0 Å². The number of hydrogen-bond acceptors (Lipinski definition) is 3. The lowest BCUT2D eigenvalue weighted by atomic mass is 10.1. The quantitative estimate of drug-likeness (QED) is 0.833. The summed E-state index contributed by atoms with van der Waals surface area (Å²) in [5.41, 5.74) is 6.50. The van der Waals surface area contributed by atoms with Gasteiger partial charge in [0.15, 0.2) is 0 Å². The maximum absolute atomic E-state index is 11.5. The monoisotopic (exact) mass is 215 g/mol. The summed E-state index contributed by atoms with van der Waals surface area (Å²) in [7, 11) is 0. The van der Waals surface area contributed by atoms with E-state index in [9.17, 15) is 4.79 Å². The summed E-state index contributed by atoms with van der Waals surface area (Å²) in [6.45, 7) is 0.621. The van der Waals surface area contributed by atoms with Gasteiger partial charge >= 0.3 is 0 Å². The molecule has 1 aromatic heterocycles. The Morgan fingerprint density at radius 1 is 1.25 bits per heavy atom. The van der Waals surface area contributed by atoms with E-state index in [2.05, 4.69) is 4.98 Å². The van der Waals surface area contributed by atoms with Crippen molar-refractivity contribution in [1.29, 1.82) is 0 Å². The Kier molecular flexibility index (Phi) is 3.00. The van der Waals surface area contributed by atoms with Crippen LogP contribution in [-0.4, -0.2) is 9.55 Å². The third-order valence-corrected chi connectivity index (χ3v) is 2.38. The Morgan fingerprint density at radius 3 is 2.69 bits per heavy atom. The second-order valence-corrected chi connectivity index (χ2v) is 3.58. The van der Waals surface area contributed by atoms with Crippen LogP contribution >= 0.6 is 0 Å². The second-order valence-electron chi connectivity index (χ2n) is 3.58. The molecule has 2 N–H and O–H groups in total. The van der Waals surface area contributed by atoms with Gasteiger partial charge < -0.3 is 5.73 Å². The predicted octanol–water partition coefficient (Wildman–Crippen LogP) is 1.07. The SMILES string of the molecule is Nc1cc(=O)n(CCc2ccccc2)cn1. The van der Waals surface area contributed by atoms with Gasteiger partial charge in [-0.15, -0.1) is 0 Å². The van der Waals surface area contributed by atoms with Crippen molar-refractivity contribution < 1.29 is 0 Å². The van der Waals surface area contributed by atoms with E-state index in [0.29, 0.717) is 6.54 Å². The molecular formula is C12H13N3O. The van der Waals surface area contributed by atoms with E-state index >= 15 is 0 Å². The van der Waals surface area contributed by atoms with E-state index in [1.54, 1.807) is 4.57 Å². The molecule has 0 atom stereocenters. The first-order valence-corrected chi connectivity index (χ1v) is 5.11. The maximum atomic E-state index is 11.5. The van der Waals surface area contributed by atoms with Crippen molar-refractivity contribution in [3.63, 3.8) is 0 Å². The highest BCUT2D eigenvalue weighted by molar-refractivity contribution is 5.23. The van der Waals surface area contributed by atoms with Crippen molar-refractivity contribution in [3.05, 3.63) is 58.6 Å². The van der Waals surface area contributed by atoms with E-state index in [4.69, 9.17) is 5.73 Å². The Morgan fingerprint density at radius 2 is 2.00 bits per heavy atom. The number of benzene rings is 1. The maximum Gasteiger partial charge on any atom is 0.255 e. The fraction of sp³-hybridized carbons (Fsp3) is 0.167. The van der Waals surface area contributed by atoms with Crippen molar-refractivity contribution in [2.45, 2.75) is 13.0 Å². The summed E-state index contributed by atoms with van der Waals surface area (Å²) >= 11 is 0. The zero-order valence-corrected chi connectivity index (χ0v) is 8.84. The van der Waals surface area contributed by atoms with Gasteiger partial charge in [0, 0.05) is 12.6 Å². The molecular weight excluding hydrogens is 202 g/mol. The minimum atomic E-state index is -0.108. The van der Waals surface area contributed by atoms with E-state index in [1.165, 1.54) is 18.0 Å². The fourth-order valence-electron chi connectivity index (χ4n) is 1.50. The van der Waals surface area contributed by atoms with Gasteiger partial charge in [-0.3, -0.25) is 9.36 Å². The lowest BCUT2D eigenvalue weighted by molar-refractivity contribution is 0.656. The summed E-state index contributed by atoms with van der Waals surface area (Å²) in [5.74, 6) is 0.265. The minimum absolute atomic E-state index is 0.108. The van der Waals surface area contributed by atoms with Crippen LogP contribution in [0.1, 0.15) is 5.56 Å². The van der Waals surface area contributed by atoms with Gasteiger partial charge in [0.05, 0.1) is 6.33 Å². The molecule has 0 aliphatic heterocycles. The molecule has 16 heavy (non-hydrogen) atoms. The standard InChI is InChI=1S/C12H13N3O/c13-11-8-12(16)15(9-14-11)7-6-10-4-2-1-3-5-10/h1-5,8-9H,6-7,13H2. The van der Waals surface area contributed by atoms with Crippen LogP contribution in [0.5, 0.6) is 0 Å². The Hall–Kier alpha value is -2.10. The van der Waals surface area contributed by atoms with Gasteiger partial charge in [-0.05, 0) is 12.0 Å². The largest absolute Gasteiger partial charge is 0.383 e. The molecule has 4 nitrogen and oxygen atoms in total. The Balaban J connectivity index is 2.08. The molecule has 0 bridgehead atoms. The van der Waals surface area contributed by atoms with E-state index in [-0.39, 0.29) is 11.4 Å². The summed E-state index contributed by atoms with van der Waals surface area (Å²) < 4.78 is 1.56. The lowest BCUT2D eigenvalue weighted by Crippen LogP contribution is -2.21. The minimum Gasteiger partial charge on any atom is -0.383 e. The highest BCUT2D eigenvalue weighted by atomic mass is 16.1. The lowest BCUT2D eigenvalue weighted by Gasteiger charge is -2.04. The second kappa shape index (κ2) is 4.61. The molecule has 0 spiro atoms. The van der Waals surface area contributed by atoms with Gasteiger partial charge in [-0.1, -0.05) is 30.3 Å². The molecule has 0 saturated carbocycles. The smallest absolute Gasteiger partial charge is 0.255 e. The Bertz CT molecular complexity index is 519. The van der Waals surface area contributed by atoms with Crippen LogP contribution in [0.25, 0.3) is 0 Å². The number of nitrogens with two attached hydrogens (primary N) is 1. The molecule has 82 valence electrons. The summed E-state index contributed by atoms with van der Waals surface area (Å²) in [6, 6.07) is 11.4. The van der Waals surface area contributed by atoms with Crippen LogP contribution in [0.15, 0.2) is 47.5 Å². The molecule has 1 aromatic carbocycles. The summed E-state index contributed by atoms with van der Waals surface area (Å²) in [5, 5.41) is 0. The van der Waals surface area contributed by atoms with Crippen molar-refractivity contribution >= 4 is 5.82 Å². The van der Waals surface area contributed by atoms with Crippen LogP contribution in [0.4, 0.5) is 5.82 Å². The van der Waals surface area contributed by atoms with E-state index < -0.39 is 0 Å². The normalized spacial score (nSPS) is 10.2. The third kappa shape index (κ3) is 2.48. The molecule has 0 amide bonds.